The number of hydrogen-bond donors (Lipinski definition) is 1. The SMILES string of the molecule is CCC(=O)NCC1CCN(c2cccc(C)c2)C1. The van der Waals surface area contributed by atoms with Gasteiger partial charge in [0.05, 0.1) is 0 Å². The van der Waals surface area contributed by atoms with Gasteiger partial charge in [0.1, 0.15) is 0 Å². The summed E-state index contributed by atoms with van der Waals surface area (Å²) in [6.07, 6.45) is 1.74. The molecular weight excluding hydrogens is 224 g/mol. The number of nitrogens with one attached hydrogen (secondary N) is 1. The minimum absolute atomic E-state index is 0.156. The van der Waals surface area contributed by atoms with Gasteiger partial charge in [-0.25, -0.2) is 0 Å². The first kappa shape index (κ1) is 12.9. The third kappa shape index (κ3) is 3.25. The van der Waals surface area contributed by atoms with Crippen molar-refractivity contribution < 1.29 is 4.79 Å². The Kier molecular flexibility index (Phi) is 4.24. The molecule has 3 nitrogen and oxygen atoms in total. The van der Waals surface area contributed by atoms with Gasteiger partial charge in [-0.3, -0.25) is 4.79 Å². The quantitative estimate of drug-likeness (QED) is 0.884. The van der Waals surface area contributed by atoms with Crippen molar-refractivity contribution in [1.82, 2.24) is 5.32 Å². The van der Waals surface area contributed by atoms with Crippen molar-refractivity contribution in [3.05, 3.63) is 29.8 Å². The minimum Gasteiger partial charge on any atom is -0.371 e. The van der Waals surface area contributed by atoms with E-state index in [1.807, 2.05) is 6.92 Å². The molecular formula is C15H22N2O. The van der Waals surface area contributed by atoms with Crippen LogP contribution in [0.4, 0.5) is 5.69 Å². The summed E-state index contributed by atoms with van der Waals surface area (Å²) >= 11 is 0. The monoisotopic (exact) mass is 246 g/mol. The number of rotatable bonds is 4. The molecule has 1 fully saturated rings. The first-order chi connectivity index (χ1) is 8.69. The van der Waals surface area contributed by atoms with Gasteiger partial charge < -0.3 is 10.2 Å². The van der Waals surface area contributed by atoms with Gasteiger partial charge >= 0.3 is 0 Å². The Morgan fingerprint density at radius 1 is 1.50 bits per heavy atom. The van der Waals surface area contributed by atoms with Crippen LogP contribution in [0.3, 0.4) is 0 Å². The van der Waals surface area contributed by atoms with E-state index in [0.29, 0.717) is 12.3 Å². The molecule has 0 aromatic heterocycles. The van der Waals surface area contributed by atoms with Crippen LogP contribution in [0.25, 0.3) is 0 Å². The van der Waals surface area contributed by atoms with Gasteiger partial charge in [0.2, 0.25) is 5.91 Å². The minimum atomic E-state index is 0.156. The maximum atomic E-state index is 11.2. The van der Waals surface area contributed by atoms with Crippen molar-refractivity contribution >= 4 is 11.6 Å². The van der Waals surface area contributed by atoms with Crippen LogP contribution in [0.1, 0.15) is 25.3 Å². The average molecular weight is 246 g/mol. The molecule has 3 heteroatoms. The zero-order valence-electron chi connectivity index (χ0n) is 11.3. The average Bonchev–Trinajstić information content (AvgIpc) is 2.84. The summed E-state index contributed by atoms with van der Waals surface area (Å²) in [6, 6.07) is 8.63. The summed E-state index contributed by atoms with van der Waals surface area (Å²) in [6.45, 7) is 6.97. The summed E-state index contributed by atoms with van der Waals surface area (Å²) in [5.41, 5.74) is 2.61. The molecule has 18 heavy (non-hydrogen) atoms. The van der Waals surface area contributed by atoms with Gasteiger partial charge in [-0.2, -0.15) is 0 Å². The van der Waals surface area contributed by atoms with Gasteiger partial charge in [-0.1, -0.05) is 19.1 Å². The van der Waals surface area contributed by atoms with E-state index in [0.717, 1.165) is 26.1 Å². The molecule has 2 rings (SSSR count). The van der Waals surface area contributed by atoms with Crippen molar-refractivity contribution in [3.8, 4) is 0 Å². The van der Waals surface area contributed by atoms with E-state index >= 15 is 0 Å². The summed E-state index contributed by atoms with van der Waals surface area (Å²) in [5, 5.41) is 2.99. The Hall–Kier alpha value is -1.51. The number of hydrogen-bond acceptors (Lipinski definition) is 2. The summed E-state index contributed by atoms with van der Waals surface area (Å²) < 4.78 is 0. The van der Waals surface area contributed by atoms with Crippen molar-refractivity contribution in [2.45, 2.75) is 26.7 Å². The number of nitrogens with zero attached hydrogens (tertiary/aromatic N) is 1. The molecule has 1 unspecified atom stereocenters. The molecule has 0 radical (unpaired) electrons. The lowest BCUT2D eigenvalue weighted by Gasteiger charge is -2.19. The Balaban J connectivity index is 1.86. The zero-order valence-corrected chi connectivity index (χ0v) is 11.3. The normalized spacial score (nSPS) is 19.0. The van der Waals surface area contributed by atoms with E-state index < -0.39 is 0 Å². The summed E-state index contributed by atoms with van der Waals surface area (Å²) in [4.78, 5) is 13.7. The molecule has 1 heterocycles. The molecule has 1 atom stereocenters. The Morgan fingerprint density at radius 3 is 3.06 bits per heavy atom. The predicted octanol–water partition coefficient (Wildman–Crippen LogP) is 2.35. The third-order valence-corrected chi connectivity index (χ3v) is 3.56. The van der Waals surface area contributed by atoms with Crippen molar-refractivity contribution in [3.63, 3.8) is 0 Å². The van der Waals surface area contributed by atoms with Gasteiger partial charge in [0, 0.05) is 31.7 Å². The first-order valence-electron chi connectivity index (χ1n) is 6.77. The Bertz CT molecular complexity index is 417. The third-order valence-electron chi connectivity index (χ3n) is 3.56. The largest absolute Gasteiger partial charge is 0.371 e. The van der Waals surface area contributed by atoms with E-state index in [9.17, 15) is 4.79 Å². The lowest BCUT2D eigenvalue weighted by molar-refractivity contribution is -0.120. The lowest BCUT2D eigenvalue weighted by Crippen LogP contribution is -2.30. The van der Waals surface area contributed by atoms with E-state index in [1.165, 1.54) is 11.3 Å². The van der Waals surface area contributed by atoms with Gasteiger partial charge in [-0.15, -0.1) is 0 Å². The number of carbonyl (C=O) groups is 1. The van der Waals surface area contributed by atoms with Gasteiger partial charge in [0.15, 0.2) is 0 Å². The second kappa shape index (κ2) is 5.89. The second-order valence-corrected chi connectivity index (χ2v) is 5.10. The zero-order chi connectivity index (χ0) is 13.0. The smallest absolute Gasteiger partial charge is 0.219 e. The lowest BCUT2D eigenvalue weighted by atomic mass is 10.1. The number of amides is 1. The molecule has 98 valence electrons. The van der Waals surface area contributed by atoms with Crippen LogP contribution in [-0.2, 0) is 4.79 Å². The van der Waals surface area contributed by atoms with Crippen LogP contribution < -0.4 is 10.2 Å². The van der Waals surface area contributed by atoms with Crippen LogP contribution in [0.2, 0.25) is 0 Å². The van der Waals surface area contributed by atoms with Gasteiger partial charge in [0.25, 0.3) is 0 Å². The highest BCUT2D eigenvalue weighted by Crippen LogP contribution is 2.24. The van der Waals surface area contributed by atoms with E-state index in [1.54, 1.807) is 0 Å². The molecule has 1 N–H and O–H groups in total. The summed E-state index contributed by atoms with van der Waals surface area (Å²) in [5.74, 6) is 0.741. The topological polar surface area (TPSA) is 32.3 Å². The molecule has 1 aliphatic rings. The molecule has 0 saturated carbocycles. The highest BCUT2D eigenvalue weighted by molar-refractivity contribution is 5.75. The van der Waals surface area contributed by atoms with Crippen molar-refractivity contribution in [2.24, 2.45) is 5.92 Å². The second-order valence-electron chi connectivity index (χ2n) is 5.10. The molecule has 1 amide bonds. The number of benzene rings is 1. The predicted molar refractivity (Wildman–Crippen MR) is 74.8 cm³/mol. The summed E-state index contributed by atoms with van der Waals surface area (Å²) in [7, 11) is 0. The Morgan fingerprint density at radius 2 is 2.33 bits per heavy atom. The van der Waals surface area contributed by atoms with Crippen LogP contribution in [0.5, 0.6) is 0 Å². The van der Waals surface area contributed by atoms with E-state index in [2.05, 4.69) is 41.4 Å². The highest BCUT2D eigenvalue weighted by atomic mass is 16.1. The molecule has 0 bridgehead atoms. The molecule has 1 aromatic rings. The molecule has 1 saturated heterocycles. The number of anilines is 1. The van der Waals surface area contributed by atoms with E-state index in [-0.39, 0.29) is 5.91 Å². The molecule has 0 spiro atoms. The molecule has 1 aromatic carbocycles. The number of aryl methyl sites for hydroxylation is 1. The van der Waals surface area contributed by atoms with Crippen molar-refractivity contribution in [2.75, 3.05) is 24.5 Å². The fraction of sp³-hybridized carbons (Fsp3) is 0.533. The first-order valence-corrected chi connectivity index (χ1v) is 6.77. The van der Waals surface area contributed by atoms with Crippen molar-refractivity contribution in [1.29, 1.82) is 0 Å². The highest BCUT2D eigenvalue weighted by Gasteiger charge is 2.22. The Labute approximate surface area is 109 Å². The van der Waals surface area contributed by atoms with E-state index in [4.69, 9.17) is 0 Å². The van der Waals surface area contributed by atoms with Crippen LogP contribution in [-0.4, -0.2) is 25.5 Å². The standard InChI is InChI=1S/C15H22N2O/c1-3-15(18)16-10-13-7-8-17(11-13)14-6-4-5-12(2)9-14/h4-6,9,13H,3,7-8,10-11H2,1-2H3,(H,16,18). The number of carbonyl (C=O) groups excluding carboxylic acids is 1. The fourth-order valence-electron chi connectivity index (χ4n) is 2.44. The maximum Gasteiger partial charge on any atom is 0.219 e. The molecule has 0 aliphatic carbocycles. The van der Waals surface area contributed by atoms with Crippen LogP contribution in [0, 0.1) is 12.8 Å². The fourth-order valence-corrected chi connectivity index (χ4v) is 2.44. The molecule has 1 aliphatic heterocycles. The van der Waals surface area contributed by atoms with Crippen LogP contribution >= 0.6 is 0 Å². The maximum absolute atomic E-state index is 11.2. The van der Waals surface area contributed by atoms with Gasteiger partial charge in [-0.05, 0) is 37.0 Å². The van der Waals surface area contributed by atoms with Crippen LogP contribution in [0.15, 0.2) is 24.3 Å².